The molecule has 2 aromatic heterocycles. The predicted molar refractivity (Wildman–Crippen MR) is 84.8 cm³/mol. The van der Waals surface area contributed by atoms with E-state index in [1.807, 2.05) is 18.2 Å². The van der Waals surface area contributed by atoms with Crippen LogP contribution in [-0.2, 0) is 0 Å². The average Bonchev–Trinajstić information content (AvgIpc) is 2.97. The van der Waals surface area contributed by atoms with E-state index in [-0.39, 0.29) is 5.91 Å². The lowest BCUT2D eigenvalue weighted by Crippen LogP contribution is -2.22. The molecule has 2 heterocycles. The Morgan fingerprint density at radius 1 is 1.13 bits per heavy atom. The standard InChI is InChI=1S/C17H15FN4O/c1-21(2)17(23)15-10-12(8-9-19-15)14-11-16(18)22(20-14)13-6-4-3-5-7-13/h3-11H,1-2H3. The molecule has 1 amide bonds. The van der Waals surface area contributed by atoms with Gasteiger partial charge in [-0.1, -0.05) is 18.2 Å². The minimum atomic E-state index is -0.469. The molecule has 0 bridgehead atoms. The molecule has 0 fully saturated rings. The SMILES string of the molecule is CN(C)C(=O)c1cc(-c2cc(F)n(-c3ccccc3)n2)ccn1. The van der Waals surface area contributed by atoms with E-state index in [1.54, 1.807) is 38.4 Å². The van der Waals surface area contributed by atoms with Crippen LogP contribution < -0.4 is 0 Å². The lowest BCUT2D eigenvalue weighted by Gasteiger charge is -2.09. The van der Waals surface area contributed by atoms with Gasteiger partial charge >= 0.3 is 0 Å². The topological polar surface area (TPSA) is 51.0 Å². The minimum Gasteiger partial charge on any atom is -0.343 e. The molecule has 0 saturated carbocycles. The van der Waals surface area contributed by atoms with Gasteiger partial charge < -0.3 is 4.90 Å². The molecule has 0 aliphatic carbocycles. The Bertz CT molecular complexity index is 843. The van der Waals surface area contributed by atoms with Crippen LogP contribution >= 0.6 is 0 Å². The Morgan fingerprint density at radius 2 is 1.87 bits per heavy atom. The van der Waals surface area contributed by atoms with Crippen LogP contribution in [0, 0.1) is 5.95 Å². The predicted octanol–water partition coefficient (Wildman–Crippen LogP) is 2.78. The van der Waals surface area contributed by atoms with Gasteiger partial charge in [-0.15, -0.1) is 0 Å². The summed E-state index contributed by atoms with van der Waals surface area (Å²) in [6.45, 7) is 0. The smallest absolute Gasteiger partial charge is 0.271 e. The summed E-state index contributed by atoms with van der Waals surface area (Å²) in [5.41, 5.74) is 2.01. The second-order valence-corrected chi connectivity index (χ2v) is 5.23. The van der Waals surface area contributed by atoms with Gasteiger partial charge in [-0.3, -0.25) is 9.78 Å². The molecule has 3 aromatic rings. The molecule has 0 spiro atoms. The van der Waals surface area contributed by atoms with Crippen molar-refractivity contribution < 1.29 is 9.18 Å². The number of para-hydroxylation sites is 1. The van der Waals surface area contributed by atoms with Crippen LogP contribution in [0.3, 0.4) is 0 Å². The van der Waals surface area contributed by atoms with Gasteiger partial charge in [0, 0.05) is 31.9 Å². The Morgan fingerprint density at radius 3 is 2.57 bits per heavy atom. The first kappa shape index (κ1) is 14.9. The maximum absolute atomic E-state index is 14.2. The lowest BCUT2D eigenvalue weighted by atomic mass is 10.1. The minimum absolute atomic E-state index is 0.213. The highest BCUT2D eigenvalue weighted by atomic mass is 19.1. The van der Waals surface area contributed by atoms with Crippen LogP contribution in [-0.4, -0.2) is 39.7 Å². The van der Waals surface area contributed by atoms with E-state index >= 15 is 0 Å². The zero-order valence-corrected chi connectivity index (χ0v) is 12.8. The van der Waals surface area contributed by atoms with Gasteiger partial charge in [-0.2, -0.15) is 9.49 Å². The molecule has 5 nitrogen and oxygen atoms in total. The van der Waals surface area contributed by atoms with Crippen LogP contribution in [0.2, 0.25) is 0 Å². The summed E-state index contributed by atoms with van der Waals surface area (Å²) in [5, 5.41) is 4.28. The molecule has 3 rings (SSSR count). The van der Waals surface area contributed by atoms with E-state index in [0.717, 1.165) is 0 Å². The van der Waals surface area contributed by atoms with Crippen molar-refractivity contribution in [2.75, 3.05) is 14.1 Å². The molecular formula is C17H15FN4O. The fourth-order valence-corrected chi connectivity index (χ4v) is 2.19. The van der Waals surface area contributed by atoms with Gasteiger partial charge in [0.15, 0.2) is 0 Å². The number of aromatic nitrogens is 3. The van der Waals surface area contributed by atoms with Gasteiger partial charge in [-0.25, -0.2) is 4.68 Å². The summed E-state index contributed by atoms with van der Waals surface area (Å²) >= 11 is 0. The van der Waals surface area contributed by atoms with Crippen molar-refractivity contribution in [2.24, 2.45) is 0 Å². The largest absolute Gasteiger partial charge is 0.343 e. The molecule has 0 saturated heterocycles. The molecule has 0 aliphatic rings. The van der Waals surface area contributed by atoms with E-state index in [9.17, 15) is 9.18 Å². The Kier molecular flexibility index (Phi) is 3.89. The van der Waals surface area contributed by atoms with Crippen molar-refractivity contribution in [3.63, 3.8) is 0 Å². The molecule has 0 radical (unpaired) electrons. The number of carbonyl (C=O) groups is 1. The highest BCUT2D eigenvalue weighted by molar-refractivity contribution is 5.93. The summed E-state index contributed by atoms with van der Waals surface area (Å²) in [5.74, 6) is -0.682. The molecule has 0 atom stereocenters. The van der Waals surface area contributed by atoms with Crippen LogP contribution in [0.15, 0.2) is 54.7 Å². The van der Waals surface area contributed by atoms with E-state index < -0.39 is 5.95 Å². The van der Waals surface area contributed by atoms with Crippen molar-refractivity contribution in [3.05, 3.63) is 66.4 Å². The Labute approximate surface area is 133 Å². The lowest BCUT2D eigenvalue weighted by molar-refractivity contribution is 0.0822. The van der Waals surface area contributed by atoms with Gasteiger partial charge in [0.25, 0.3) is 5.91 Å². The molecule has 6 heteroatoms. The number of hydrogen-bond donors (Lipinski definition) is 0. The highest BCUT2D eigenvalue weighted by Gasteiger charge is 2.14. The summed E-state index contributed by atoms with van der Waals surface area (Å²) in [6, 6.07) is 13.7. The number of carbonyl (C=O) groups excluding carboxylic acids is 1. The Balaban J connectivity index is 2.01. The maximum atomic E-state index is 14.2. The van der Waals surface area contributed by atoms with Crippen LogP contribution in [0.5, 0.6) is 0 Å². The van der Waals surface area contributed by atoms with Gasteiger partial charge in [0.1, 0.15) is 5.69 Å². The van der Waals surface area contributed by atoms with Crippen LogP contribution in [0.25, 0.3) is 16.9 Å². The first-order valence-electron chi connectivity index (χ1n) is 7.05. The molecule has 0 unspecified atom stereocenters. The van der Waals surface area contributed by atoms with E-state index in [0.29, 0.717) is 22.6 Å². The zero-order chi connectivity index (χ0) is 16.4. The third kappa shape index (κ3) is 2.96. The highest BCUT2D eigenvalue weighted by Crippen LogP contribution is 2.21. The van der Waals surface area contributed by atoms with E-state index in [2.05, 4.69) is 10.1 Å². The molecule has 0 N–H and O–H groups in total. The Hall–Kier alpha value is -3.02. The van der Waals surface area contributed by atoms with Crippen molar-refractivity contribution >= 4 is 5.91 Å². The van der Waals surface area contributed by atoms with Gasteiger partial charge in [0.2, 0.25) is 5.95 Å². The number of hydrogen-bond acceptors (Lipinski definition) is 3. The molecular weight excluding hydrogens is 295 g/mol. The number of amides is 1. The average molecular weight is 310 g/mol. The summed E-state index contributed by atoms with van der Waals surface area (Å²) in [7, 11) is 3.31. The third-order valence-corrected chi connectivity index (χ3v) is 3.35. The molecule has 116 valence electrons. The fraction of sp³-hybridized carbons (Fsp3) is 0.118. The second-order valence-electron chi connectivity index (χ2n) is 5.23. The number of halogens is 1. The normalized spacial score (nSPS) is 10.6. The van der Waals surface area contributed by atoms with Crippen molar-refractivity contribution in [2.45, 2.75) is 0 Å². The maximum Gasteiger partial charge on any atom is 0.271 e. The monoisotopic (exact) mass is 310 g/mol. The molecule has 1 aromatic carbocycles. The van der Waals surface area contributed by atoms with Gasteiger partial charge in [0.05, 0.1) is 11.4 Å². The fourth-order valence-electron chi connectivity index (χ4n) is 2.19. The number of rotatable bonds is 3. The zero-order valence-electron chi connectivity index (χ0n) is 12.8. The van der Waals surface area contributed by atoms with Crippen molar-refractivity contribution in [1.29, 1.82) is 0 Å². The van der Waals surface area contributed by atoms with Crippen LogP contribution in [0.1, 0.15) is 10.5 Å². The first-order chi connectivity index (χ1) is 11.1. The molecule has 0 aliphatic heterocycles. The van der Waals surface area contributed by atoms with E-state index in [1.165, 1.54) is 21.8 Å². The quantitative estimate of drug-likeness (QED) is 0.747. The van der Waals surface area contributed by atoms with Crippen molar-refractivity contribution in [3.8, 4) is 16.9 Å². The summed E-state index contributed by atoms with van der Waals surface area (Å²) < 4.78 is 15.4. The molecule has 23 heavy (non-hydrogen) atoms. The number of benzene rings is 1. The van der Waals surface area contributed by atoms with Crippen LogP contribution in [0.4, 0.5) is 4.39 Å². The van der Waals surface area contributed by atoms with E-state index in [4.69, 9.17) is 0 Å². The van der Waals surface area contributed by atoms with Crippen molar-refractivity contribution in [1.82, 2.24) is 19.7 Å². The summed E-state index contributed by atoms with van der Waals surface area (Å²) in [6.07, 6.45) is 1.52. The second kappa shape index (κ2) is 6.00. The third-order valence-electron chi connectivity index (χ3n) is 3.35. The first-order valence-corrected chi connectivity index (χ1v) is 7.05. The van der Waals surface area contributed by atoms with Gasteiger partial charge in [-0.05, 0) is 24.3 Å². The summed E-state index contributed by atoms with van der Waals surface area (Å²) in [4.78, 5) is 17.5. The number of pyridine rings is 1. The number of nitrogens with zero attached hydrogens (tertiary/aromatic N) is 4.